The lowest BCUT2D eigenvalue weighted by molar-refractivity contribution is -0.115. The molecule has 0 bridgehead atoms. The number of nitrogens with one attached hydrogen (secondary N) is 1. The van der Waals surface area contributed by atoms with E-state index < -0.39 is 0 Å². The largest absolute Gasteiger partial charge is 0.486 e. The molecule has 1 N–H and O–H groups in total. The summed E-state index contributed by atoms with van der Waals surface area (Å²) in [5.74, 6) is 1.79. The van der Waals surface area contributed by atoms with Gasteiger partial charge in [0.15, 0.2) is 11.5 Å². The number of carbonyl (C=O) groups is 1. The minimum Gasteiger partial charge on any atom is -0.486 e. The van der Waals surface area contributed by atoms with Crippen molar-refractivity contribution in [2.24, 2.45) is 0 Å². The number of aromatic nitrogens is 1. The highest BCUT2D eigenvalue weighted by Gasteiger charge is 2.23. The van der Waals surface area contributed by atoms with E-state index >= 15 is 0 Å². The zero-order chi connectivity index (χ0) is 18.4. The molecule has 134 valence electrons. The third kappa shape index (κ3) is 2.96. The van der Waals surface area contributed by atoms with Gasteiger partial charge in [0.05, 0.1) is 4.91 Å². The number of amides is 1. The normalized spacial score (nSPS) is 17.6. The first-order valence-electron chi connectivity index (χ1n) is 8.20. The molecular weight excluding hydrogens is 384 g/mol. The predicted octanol–water partition coefficient (Wildman–Crippen LogP) is 3.75. The van der Waals surface area contributed by atoms with Crippen LogP contribution in [0.3, 0.4) is 0 Å². The summed E-state index contributed by atoms with van der Waals surface area (Å²) < 4.78 is 17.7. The Bertz CT molecular complexity index is 1140. The summed E-state index contributed by atoms with van der Waals surface area (Å²) in [5, 5.41) is 3.44. The number of benzene rings is 1. The van der Waals surface area contributed by atoms with Gasteiger partial charge in [-0.1, -0.05) is 30.0 Å². The van der Waals surface area contributed by atoms with E-state index in [1.54, 1.807) is 18.5 Å². The molecule has 2 aliphatic heterocycles. The van der Waals surface area contributed by atoms with Crippen molar-refractivity contribution in [3.05, 3.63) is 47.3 Å². The minimum atomic E-state index is -0.212. The van der Waals surface area contributed by atoms with Gasteiger partial charge in [-0.3, -0.25) is 9.78 Å². The van der Waals surface area contributed by atoms with Crippen molar-refractivity contribution in [1.29, 1.82) is 0 Å². The van der Waals surface area contributed by atoms with Crippen LogP contribution in [-0.2, 0) is 4.79 Å². The molecule has 1 amide bonds. The molecule has 5 rings (SSSR count). The Balaban J connectivity index is 1.58. The number of thioether (sulfide) groups is 1. The number of fused-ring (bicyclic) bond motifs is 2. The number of hydrogen-bond donors (Lipinski definition) is 1. The van der Waals surface area contributed by atoms with Crippen molar-refractivity contribution < 1.29 is 18.7 Å². The van der Waals surface area contributed by atoms with Gasteiger partial charge in [-0.15, -0.1) is 0 Å². The summed E-state index contributed by atoms with van der Waals surface area (Å²) in [6.45, 7) is 1.08. The first-order valence-corrected chi connectivity index (χ1v) is 9.42. The summed E-state index contributed by atoms with van der Waals surface area (Å²) in [5.41, 5.74) is 2.45. The first-order chi connectivity index (χ1) is 13.2. The fourth-order valence-corrected chi connectivity index (χ4v) is 4.04. The molecule has 6 nitrogen and oxygen atoms in total. The summed E-state index contributed by atoms with van der Waals surface area (Å²) in [4.78, 5) is 16.7. The van der Waals surface area contributed by atoms with Crippen LogP contribution >= 0.6 is 24.0 Å². The molecule has 0 aliphatic carbocycles. The van der Waals surface area contributed by atoms with Crippen LogP contribution in [0.5, 0.6) is 11.5 Å². The van der Waals surface area contributed by atoms with Crippen LogP contribution < -0.4 is 14.8 Å². The Kier molecular flexibility index (Phi) is 3.87. The summed E-state index contributed by atoms with van der Waals surface area (Å²) >= 11 is 6.24. The van der Waals surface area contributed by atoms with Crippen molar-refractivity contribution in [1.82, 2.24) is 10.3 Å². The highest BCUT2D eigenvalue weighted by molar-refractivity contribution is 8.26. The van der Waals surface area contributed by atoms with E-state index in [2.05, 4.69) is 10.3 Å². The summed E-state index contributed by atoms with van der Waals surface area (Å²) in [7, 11) is 0. The van der Waals surface area contributed by atoms with Gasteiger partial charge in [0.2, 0.25) is 0 Å². The summed E-state index contributed by atoms with van der Waals surface area (Å²) in [6, 6.07) is 7.61. The quantitative estimate of drug-likeness (QED) is 0.522. The Morgan fingerprint density at radius 3 is 2.81 bits per heavy atom. The van der Waals surface area contributed by atoms with Gasteiger partial charge >= 0.3 is 0 Å². The number of ether oxygens (including phenoxy) is 2. The molecular formula is C19H12N2O4S2. The smallest absolute Gasteiger partial charge is 0.263 e. The van der Waals surface area contributed by atoms with Gasteiger partial charge in [0.1, 0.15) is 28.9 Å². The van der Waals surface area contributed by atoms with Crippen molar-refractivity contribution in [3.63, 3.8) is 0 Å². The first kappa shape index (κ1) is 16.3. The number of nitrogens with zero attached hydrogens (tertiary/aromatic N) is 1. The zero-order valence-electron chi connectivity index (χ0n) is 13.9. The van der Waals surface area contributed by atoms with E-state index in [0.29, 0.717) is 39.5 Å². The lowest BCUT2D eigenvalue weighted by atomic mass is 10.1. The average molecular weight is 396 g/mol. The van der Waals surface area contributed by atoms with E-state index in [-0.39, 0.29) is 5.91 Å². The van der Waals surface area contributed by atoms with Crippen LogP contribution in [-0.4, -0.2) is 28.4 Å². The molecule has 4 heterocycles. The maximum atomic E-state index is 11.9. The lowest BCUT2D eigenvalue weighted by Crippen LogP contribution is -2.17. The Morgan fingerprint density at radius 1 is 1.15 bits per heavy atom. The minimum absolute atomic E-state index is 0.212. The van der Waals surface area contributed by atoms with Gasteiger partial charge in [-0.25, -0.2) is 0 Å². The Labute approximate surface area is 163 Å². The van der Waals surface area contributed by atoms with Crippen LogP contribution in [0, 0.1) is 0 Å². The number of thiocarbonyl (C=S) groups is 1. The maximum Gasteiger partial charge on any atom is 0.263 e. The van der Waals surface area contributed by atoms with Crippen molar-refractivity contribution >= 4 is 51.3 Å². The third-order valence-corrected chi connectivity index (χ3v) is 5.37. The molecule has 1 fully saturated rings. The Hall–Kier alpha value is -2.84. The number of pyridine rings is 1. The van der Waals surface area contributed by atoms with E-state index in [4.69, 9.17) is 26.1 Å². The Morgan fingerprint density at radius 2 is 2.00 bits per heavy atom. The molecule has 1 saturated heterocycles. The second kappa shape index (κ2) is 6.40. The van der Waals surface area contributed by atoms with Gasteiger partial charge in [0.25, 0.3) is 5.91 Å². The van der Waals surface area contributed by atoms with Crippen LogP contribution in [0.1, 0.15) is 5.76 Å². The van der Waals surface area contributed by atoms with Crippen LogP contribution in [0.25, 0.3) is 28.2 Å². The molecule has 1 aromatic carbocycles. The van der Waals surface area contributed by atoms with Gasteiger partial charge < -0.3 is 19.2 Å². The highest BCUT2D eigenvalue weighted by atomic mass is 32.2. The number of carbonyl (C=O) groups excluding carboxylic acids is 1. The molecule has 0 saturated carbocycles. The van der Waals surface area contributed by atoms with Gasteiger partial charge in [0, 0.05) is 29.4 Å². The van der Waals surface area contributed by atoms with Crippen molar-refractivity contribution in [2.45, 2.75) is 0 Å². The number of furan rings is 1. The SMILES string of the molecule is O=C1NC(=S)S/C1=C\c1cc2cncc(-c3ccc4c(c3)OCCO4)c2o1. The third-order valence-electron chi connectivity index (χ3n) is 4.21. The van der Waals surface area contributed by atoms with Crippen molar-refractivity contribution in [3.8, 4) is 22.6 Å². The van der Waals surface area contributed by atoms with E-state index in [9.17, 15) is 4.79 Å². The molecule has 2 aromatic heterocycles. The fraction of sp³-hybridized carbons (Fsp3) is 0.105. The second-order valence-electron chi connectivity index (χ2n) is 5.96. The molecule has 2 aliphatic rings. The second-order valence-corrected chi connectivity index (χ2v) is 7.68. The lowest BCUT2D eigenvalue weighted by Gasteiger charge is -2.18. The zero-order valence-corrected chi connectivity index (χ0v) is 15.5. The van der Waals surface area contributed by atoms with Crippen molar-refractivity contribution in [2.75, 3.05) is 13.2 Å². The maximum absolute atomic E-state index is 11.9. The van der Waals surface area contributed by atoms with Gasteiger partial charge in [-0.05, 0) is 23.8 Å². The van der Waals surface area contributed by atoms with Gasteiger partial charge in [-0.2, -0.15) is 0 Å². The van der Waals surface area contributed by atoms with E-state index in [0.717, 1.165) is 22.3 Å². The average Bonchev–Trinajstić information content (AvgIpc) is 3.23. The van der Waals surface area contributed by atoms with Crippen LogP contribution in [0.2, 0.25) is 0 Å². The topological polar surface area (TPSA) is 73.6 Å². The molecule has 27 heavy (non-hydrogen) atoms. The van der Waals surface area contributed by atoms with E-state index in [1.807, 2.05) is 24.3 Å². The monoisotopic (exact) mass is 396 g/mol. The fourth-order valence-electron chi connectivity index (χ4n) is 3.02. The van der Waals surface area contributed by atoms with E-state index in [1.165, 1.54) is 11.8 Å². The molecule has 0 spiro atoms. The molecule has 8 heteroatoms. The predicted molar refractivity (Wildman–Crippen MR) is 107 cm³/mol. The molecule has 0 radical (unpaired) electrons. The molecule has 0 unspecified atom stereocenters. The molecule has 3 aromatic rings. The standard InChI is InChI=1S/C19H12N2O4S2/c22-18-16(27-19(26)21-18)7-12-5-11-8-20-9-13(17(11)25-12)10-1-2-14-15(6-10)24-4-3-23-14/h1-2,5-9H,3-4H2,(H,21,22,26)/b16-7-. The van der Waals surface area contributed by atoms with Crippen LogP contribution in [0.4, 0.5) is 0 Å². The number of hydrogen-bond acceptors (Lipinski definition) is 7. The summed E-state index contributed by atoms with van der Waals surface area (Å²) in [6.07, 6.45) is 5.17. The highest BCUT2D eigenvalue weighted by Crippen LogP contribution is 2.37. The van der Waals surface area contributed by atoms with Crippen LogP contribution in [0.15, 0.2) is 46.0 Å². The molecule has 0 atom stereocenters. The number of rotatable bonds is 2.